The van der Waals surface area contributed by atoms with Gasteiger partial charge in [-0.2, -0.15) is 0 Å². The van der Waals surface area contributed by atoms with E-state index >= 15 is 0 Å². The van der Waals surface area contributed by atoms with Crippen LogP contribution in [0.15, 0.2) is 53.0 Å². The second kappa shape index (κ2) is 9.01. The van der Waals surface area contributed by atoms with E-state index in [4.69, 9.17) is 4.74 Å². The number of rotatable bonds is 5. The topological polar surface area (TPSA) is 61.9 Å². The Labute approximate surface area is 167 Å². The zero-order valence-corrected chi connectivity index (χ0v) is 16.7. The molecule has 0 spiro atoms. The van der Waals surface area contributed by atoms with Crippen LogP contribution in [0.2, 0.25) is 0 Å². The molecule has 1 heterocycles. The zero-order chi connectivity index (χ0) is 19.2. The summed E-state index contributed by atoms with van der Waals surface area (Å²) in [5, 5.41) is 2.84. The lowest BCUT2D eigenvalue weighted by atomic mass is 10.2. The fourth-order valence-electron chi connectivity index (χ4n) is 2.91. The van der Waals surface area contributed by atoms with Gasteiger partial charge in [-0.15, -0.1) is 0 Å². The van der Waals surface area contributed by atoms with Crippen molar-refractivity contribution in [3.05, 3.63) is 58.6 Å². The Morgan fingerprint density at radius 3 is 2.44 bits per heavy atom. The Bertz CT molecular complexity index is 804. The van der Waals surface area contributed by atoms with E-state index in [1.165, 1.54) is 4.90 Å². The molecular weight excluding hydrogens is 410 g/mol. The van der Waals surface area contributed by atoms with Crippen molar-refractivity contribution in [1.29, 1.82) is 0 Å². The summed E-state index contributed by atoms with van der Waals surface area (Å²) in [7, 11) is 1.61. The summed E-state index contributed by atoms with van der Waals surface area (Å²) < 4.78 is 6.07. The quantitative estimate of drug-likeness (QED) is 0.790. The molecule has 7 heteroatoms. The third kappa shape index (κ3) is 5.08. The molecule has 3 rings (SSSR count). The molecule has 0 aromatic heterocycles. The number of benzene rings is 2. The SMILES string of the molecule is CN(CC(=O)Nc1ccc(N2CCOCC2)cc1)C(=O)c1ccccc1Br. The largest absolute Gasteiger partial charge is 0.378 e. The van der Waals surface area contributed by atoms with Crippen molar-refractivity contribution in [2.45, 2.75) is 0 Å². The maximum Gasteiger partial charge on any atom is 0.255 e. The van der Waals surface area contributed by atoms with Gasteiger partial charge in [0.1, 0.15) is 0 Å². The average molecular weight is 432 g/mol. The molecule has 0 radical (unpaired) electrons. The van der Waals surface area contributed by atoms with Crippen molar-refractivity contribution in [3.63, 3.8) is 0 Å². The number of nitrogens with one attached hydrogen (secondary N) is 1. The van der Waals surface area contributed by atoms with Crippen LogP contribution in [-0.4, -0.2) is 56.6 Å². The summed E-state index contributed by atoms with van der Waals surface area (Å²) in [5.41, 5.74) is 2.35. The van der Waals surface area contributed by atoms with Gasteiger partial charge in [0, 0.05) is 36.0 Å². The van der Waals surface area contributed by atoms with Crippen molar-refractivity contribution in [2.24, 2.45) is 0 Å². The first kappa shape index (κ1) is 19.4. The van der Waals surface area contributed by atoms with E-state index in [2.05, 4.69) is 26.1 Å². The summed E-state index contributed by atoms with van der Waals surface area (Å²) >= 11 is 3.36. The molecule has 2 aromatic rings. The second-order valence-electron chi connectivity index (χ2n) is 6.34. The molecule has 142 valence electrons. The number of hydrogen-bond donors (Lipinski definition) is 1. The Kier molecular flexibility index (Phi) is 6.47. The monoisotopic (exact) mass is 431 g/mol. The maximum atomic E-state index is 12.5. The van der Waals surface area contributed by atoms with E-state index in [0.717, 1.165) is 32.0 Å². The minimum Gasteiger partial charge on any atom is -0.378 e. The fourth-order valence-corrected chi connectivity index (χ4v) is 3.36. The molecule has 2 amide bonds. The van der Waals surface area contributed by atoms with Gasteiger partial charge in [0.2, 0.25) is 5.91 Å². The highest BCUT2D eigenvalue weighted by molar-refractivity contribution is 9.10. The summed E-state index contributed by atoms with van der Waals surface area (Å²) in [6.45, 7) is 3.18. The highest BCUT2D eigenvalue weighted by Gasteiger charge is 2.17. The number of morpholine rings is 1. The number of anilines is 2. The highest BCUT2D eigenvalue weighted by Crippen LogP contribution is 2.20. The number of hydrogen-bond acceptors (Lipinski definition) is 4. The Hall–Kier alpha value is -2.38. The van der Waals surface area contributed by atoms with Crippen LogP contribution in [0.5, 0.6) is 0 Å². The van der Waals surface area contributed by atoms with Crippen molar-refractivity contribution < 1.29 is 14.3 Å². The summed E-state index contributed by atoms with van der Waals surface area (Å²) in [6, 6.07) is 14.9. The molecule has 1 aliphatic rings. The van der Waals surface area contributed by atoms with E-state index in [1.54, 1.807) is 25.2 Å². The van der Waals surface area contributed by atoms with Crippen LogP contribution in [0, 0.1) is 0 Å². The average Bonchev–Trinajstić information content (AvgIpc) is 2.69. The first-order valence-corrected chi connectivity index (χ1v) is 9.56. The van der Waals surface area contributed by atoms with Gasteiger partial charge in [0.05, 0.1) is 25.3 Å². The Morgan fingerprint density at radius 1 is 1.11 bits per heavy atom. The third-order valence-corrected chi connectivity index (χ3v) is 5.05. The normalized spacial score (nSPS) is 13.9. The molecule has 0 aliphatic carbocycles. The van der Waals surface area contributed by atoms with Gasteiger partial charge < -0.3 is 19.9 Å². The summed E-state index contributed by atoms with van der Waals surface area (Å²) in [4.78, 5) is 28.4. The highest BCUT2D eigenvalue weighted by atomic mass is 79.9. The fraction of sp³-hybridized carbons (Fsp3) is 0.300. The van der Waals surface area contributed by atoms with Crippen LogP contribution < -0.4 is 10.2 Å². The van der Waals surface area contributed by atoms with Gasteiger partial charge in [0.25, 0.3) is 5.91 Å². The lowest BCUT2D eigenvalue weighted by molar-refractivity contribution is -0.116. The Morgan fingerprint density at radius 2 is 1.78 bits per heavy atom. The van der Waals surface area contributed by atoms with Crippen LogP contribution in [-0.2, 0) is 9.53 Å². The lowest BCUT2D eigenvalue weighted by Crippen LogP contribution is -2.36. The van der Waals surface area contributed by atoms with Gasteiger partial charge in [0.15, 0.2) is 0 Å². The molecule has 0 unspecified atom stereocenters. The molecule has 0 atom stereocenters. The molecule has 1 fully saturated rings. The number of carbonyl (C=O) groups excluding carboxylic acids is 2. The van der Waals surface area contributed by atoms with E-state index in [-0.39, 0.29) is 18.4 Å². The van der Waals surface area contributed by atoms with Crippen LogP contribution in [0.3, 0.4) is 0 Å². The van der Waals surface area contributed by atoms with E-state index in [9.17, 15) is 9.59 Å². The zero-order valence-electron chi connectivity index (χ0n) is 15.2. The molecular formula is C20H22BrN3O3. The maximum absolute atomic E-state index is 12.5. The molecule has 6 nitrogen and oxygen atoms in total. The molecule has 0 bridgehead atoms. The van der Waals surface area contributed by atoms with Crippen LogP contribution in [0.25, 0.3) is 0 Å². The number of ether oxygens (including phenoxy) is 1. The van der Waals surface area contributed by atoms with Gasteiger partial charge in [-0.25, -0.2) is 0 Å². The minimum atomic E-state index is -0.239. The summed E-state index contributed by atoms with van der Waals surface area (Å²) in [6.07, 6.45) is 0. The number of nitrogens with zero attached hydrogens (tertiary/aromatic N) is 2. The van der Waals surface area contributed by atoms with Crippen LogP contribution in [0.1, 0.15) is 10.4 Å². The van der Waals surface area contributed by atoms with Crippen molar-refractivity contribution in [3.8, 4) is 0 Å². The van der Waals surface area contributed by atoms with Crippen molar-refractivity contribution >= 4 is 39.1 Å². The van der Waals surface area contributed by atoms with Crippen LogP contribution in [0.4, 0.5) is 11.4 Å². The first-order chi connectivity index (χ1) is 13.0. The Balaban J connectivity index is 1.55. The molecule has 1 aliphatic heterocycles. The standard InChI is InChI=1S/C20H22BrN3O3/c1-23(20(26)17-4-2-3-5-18(17)21)14-19(25)22-15-6-8-16(9-7-15)24-10-12-27-13-11-24/h2-9H,10-14H2,1H3,(H,22,25). The van der Waals surface area contributed by atoms with Crippen molar-refractivity contribution in [1.82, 2.24) is 4.90 Å². The van der Waals surface area contributed by atoms with Crippen LogP contribution >= 0.6 is 15.9 Å². The number of halogens is 1. The number of amides is 2. The molecule has 0 saturated carbocycles. The van der Waals surface area contributed by atoms with Gasteiger partial charge >= 0.3 is 0 Å². The first-order valence-electron chi connectivity index (χ1n) is 8.77. The van der Waals surface area contributed by atoms with Gasteiger partial charge in [-0.1, -0.05) is 12.1 Å². The lowest BCUT2D eigenvalue weighted by Gasteiger charge is -2.28. The van der Waals surface area contributed by atoms with Crippen molar-refractivity contribution in [2.75, 3.05) is 50.1 Å². The minimum absolute atomic E-state index is 0.0224. The summed E-state index contributed by atoms with van der Waals surface area (Å²) in [5.74, 6) is -0.447. The molecule has 1 N–H and O–H groups in total. The number of carbonyl (C=O) groups is 2. The predicted octanol–water partition coefficient (Wildman–Crippen LogP) is 3.00. The van der Waals surface area contributed by atoms with Gasteiger partial charge in [-0.05, 0) is 52.3 Å². The smallest absolute Gasteiger partial charge is 0.255 e. The van der Waals surface area contributed by atoms with E-state index in [1.807, 2.05) is 30.3 Å². The molecule has 27 heavy (non-hydrogen) atoms. The van der Waals surface area contributed by atoms with E-state index < -0.39 is 0 Å². The third-order valence-electron chi connectivity index (χ3n) is 4.36. The van der Waals surface area contributed by atoms with E-state index in [0.29, 0.717) is 15.7 Å². The second-order valence-corrected chi connectivity index (χ2v) is 7.19. The predicted molar refractivity (Wildman–Crippen MR) is 109 cm³/mol. The van der Waals surface area contributed by atoms with Gasteiger partial charge in [-0.3, -0.25) is 9.59 Å². The number of likely N-dealkylation sites (N-methyl/N-ethyl adjacent to an activating group) is 1. The molecule has 2 aromatic carbocycles. The molecule has 1 saturated heterocycles.